The molecule has 1 rings (SSSR count). The molecule has 1 heterocycles. The van der Waals surface area contributed by atoms with Crippen molar-refractivity contribution in [2.24, 2.45) is 0 Å². The Hall–Kier alpha value is -0.260. The first-order valence-corrected chi connectivity index (χ1v) is 5.93. The zero-order chi connectivity index (χ0) is 10.7. The molecule has 1 aromatic heterocycles. The number of nitrogen functional groups attached to an aromatic ring is 1. The van der Waals surface area contributed by atoms with Gasteiger partial charge >= 0.3 is 0 Å². The number of thioether (sulfide) groups is 1. The van der Waals surface area contributed by atoms with E-state index in [1.54, 1.807) is 13.1 Å². The van der Waals surface area contributed by atoms with E-state index in [0.717, 1.165) is 9.50 Å². The second-order valence-electron chi connectivity index (χ2n) is 3.12. The third-order valence-electron chi connectivity index (χ3n) is 1.81. The number of halogens is 1. The molecule has 2 unspecified atom stereocenters. The lowest BCUT2D eigenvalue weighted by atomic mass is 10.3. The highest BCUT2D eigenvalue weighted by Crippen LogP contribution is 2.30. The van der Waals surface area contributed by atoms with Crippen LogP contribution in [0.5, 0.6) is 0 Å². The molecule has 14 heavy (non-hydrogen) atoms. The molecule has 1 aromatic rings. The van der Waals surface area contributed by atoms with Gasteiger partial charge in [0, 0.05) is 5.25 Å². The number of anilines is 1. The molecule has 0 fully saturated rings. The van der Waals surface area contributed by atoms with Crippen molar-refractivity contribution in [1.29, 1.82) is 0 Å². The van der Waals surface area contributed by atoms with E-state index in [0.29, 0.717) is 5.69 Å². The summed E-state index contributed by atoms with van der Waals surface area (Å²) >= 11 is 4.90. The van der Waals surface area contributed by atoms with Crippen LogP contribution < -0.4 is 5.73 Å². The van der Waals surface area contributed by atoms with E-state index in [1.807, 2.05) is 13.0 Å². The molecule has 0 bridgehead atoms. The van der Waals surface area contributed by atoms with Crippen molar-refractivity contribution in [3.05, 3.63) is 16.7 Å². The standard InChI is InChI=1S/C9H13BrN2OS/c1-5(13)6(2)14-9-8(10)3-7(11)4-12-9/h3-6,13H,11H2,1-2H3. The van der Waals surface area contributed by atoms with Crippen LogP contribution in [0.15, 0.2) is 21.8 Å². The third-order valence-corrected chi connectivity index (χ3v) is 3.99. The Balaban J connectivity index is 2.77. The Bertz CT molecular complexity index is 320. The average molecular weight is 277 g/mol. The van der Waals surface area contributed by atoms with Crippen molar-refractivity contribution >= 4 is 33.4 Å². The fraction of sp³-hybridized carbons (Fsp3) is 0.444. The summed E-state index contributed by atoms with van der Waals surface area (Å²) < 4.78 is 0.870. The summed E-state index contributed by atoms with van der Waals surface area (Å²) in [4.78, 5) is 4.18. The van der Waals surface area contributed by atoms with Gasteiger partial charge in [0.2, 0.25) is 0 Å². The third kappa shape index (κ3) is 3.15. The minimum absolute atomic E-state index is 0.113. The van der Waals surface area contributed by atoms with Crippen LogP contribution >= 0.6 is 27.7 Å². The Morgan fingerprint density at radius 1 is 1.57 bits per heavy atom. The summed E-state index contributed by atoms with van der Waals surface area (Å²) in [6.07, 6.45) is 1.26. The molecule has 0 aliphatic rings. The number of aromatic nitrogens is 1. The van der Waals surface area contributed by atoms with Gasteiger partial charge < -0.3 is 10.8 Å². The Kier molecular flexibility index (Phi) is 4.22. The van der Waals surface area contributed by atoms with Crippen LogP contribution in [0.2, 0.25) is 0 Å². The molecular formula is C9H13BrN2OS. The van der Waals surface area contributed by atoms with Crippen LogP contribution in [0.4, 0.5) is 5.69 Å². The first-order valence-electron chi connectivity index (χ1n) is 4.26. The van der Waals surface area contributed by atoms with Gasteiger partial charge in [-0.3, -0.25) is 0 Å². The number of aliphatic hydroxyl groups excluding tert-OH is 1. The molecule has 0 amide bonds. The second kappa shape index (κ2) is 5.00. The molecule has 0 aromatic carbocycles. The highest BCUT2D eigenvalue weighted by atomic mass is 79.9. The molecule has 0 aliphatic heterocycles. The van der Waals surface area contributed by atoms with Gasteiger partial charge in [0.15, 0.2) is 0 Å². The van der Waals surface area contributed by atoms with E-state index in [4.69, 9.17) is 5.73 Å². The van der Waals surface area contributed by atoms with Crippen molar-refractivity contribution in [3.8, 4) is 0 Å². The van der Waals surface area contributed by atoms with Crippen LogP contribution in [0.25, 0.3) is 0 Å². The minimum atomic E-state index is -0.355. The van der Waals surface area contributed by atoms with Crippen molar-refractivity contribution in [2.75, 3.05) is 5.73 Å². The SMILES string of the molecule is CC(O)C(C)Sc1ncc(N)cc1Br. The zero-order valence-corrected chi connectivity index (χ0v) is 10.5. The van der Waals surface area contributed by atoms with Gasteiger partial charge in [-0.25, -0.2) is 4.98 Å². The van der Waals surface area contributed by atoms with E-state index in [2.05, 4.69) is 20.9 Å². The molecule has 3 N–H and O–H groups in total. The van der Waals surface area contributed by atoms with E-state index in [1.165, 1.54) is 11.8 Å². The Morgan fingerprint density at radius 3 is 2.71 bits per heavy atom. The minimum Gasteiger partial charge on any atom is -0.397 e. The van der Waals surface area contributed by atoms with Crippen molar-refractivity contribution in [3.63, 3.8) is 0 Å². The van der Waals surface area contributed by atoms with Crippen LogP contribution in [0.1, 0.15) is 13.8 Å². The molecule has 3 nitrogen and oxygen atoms in total. The van der Waals surface area contributed by atoms with Crippen LogP contribution in [-0.2, 0) is 0 Å². The fourth-order valence-electron chi connectivity index (χ4n) is 0.801. The largest absolute Gasteiger partial charge is 0.397 e. The monoisotopic (exact) mass is 276 g/mol. The summed E-state index contributed by atoms with van der Waals surface area (Å²) in [6.45, 7) is 3.72. The quantitative estimate of drug-likeness (QED) is 0.832. The predicted molar refractivity (Wildman–Crippen MR) is 63.3 cm³/mol. The number of nitrogens with two attached hydrogens (primary N) is 1. The Morgan fingerprint density at radius 2 is 2.21 bits per heavy atom. The van der Waals surface area contributed by atoms with Gasteiger partial charge in [-0.1, -0.05) is 18.7 Å². The molecule has 0 aliphatic carbocycles. The Labute approximate surface area is 96.2 Å². The van der Waals surface area contributed by atoms with Gasteiger partial charge in [0.25, 0.3) is 0 Å². The zero-order valence-electron chi connectivity index (χ0n) is 8.07. The second-order valence-corrected chi connectivity index (χ2v) is 5.34. The smallest absolute Gasteiger partial charge is 0.111 e. The maximum Gasteiger partial charge on any atom is 0.111 e. The van der Waals surface area contributed by atoms with Gasteiger partial charge in [0.1, 0.15) is 5.03 Å². The van der Waals surface area contributed by atoms with Crippen molar-refractivity contribution < 1.29 is 5.11 Å². The van der Waals surface area contributed by atoms with Gasteiger partial charge in [0.05, 0.1) is 22.5 Å². The summed E-state index contributed by atoms with van der Waals surface area (Å²) in [7, 11) is 0. The number of hydrogen-bond acceptors (Lipinski definition) is 4. The predicted octanol–water partition coefficient (Wildman–Crippen LogP) is 2.29. The molecule has 0 saturated heterocycles. The highest BCUT2D eigenvalue weighted by molar-refractivity contribution is 9.10. The summed E-state index contributed by atoms with van der Waals surface area (Å²) in [6, 6.07) is 1.81. The molecule has 78 valence electrons. The lowest BCUT2D eigenvalue weighted by Gasteiger charge is -2.14. The van der Waals surface area contributed by atoms with E-state index in [-0.39, 0.29) is 11.4 Å². The first kappa shape index (κ1) is 11.8. The number of rotatable bonds is 3. The number of nitrogens with zero attached hydrogens (tertiary/aromatic N) is 1. The van der Waals surface area contributed by atoms with E-state index in [9.17, 15) is 5.11 Å². The van der Waals surface area contributed by atoms with Crippen molar-refractivity contribution in [1.82, 2.24) is 4.98 Å². The number of pyridine rings is 1. The first-order chi connectivity index (χ1) is 6.50. The fourth-order valence-corrected chi connectivity index (χ4v) is 2.28. The highest BCUT2D eigenvalue weighted by Gasteiger charge is 2.13. The maximum atomic E-state index is 9.34. The maximum absolute atomic E-state index is 9.34. The number of hydrogen-bond donors (Lipinski definition) is 2. The molecule has 2 atom stereocenters. The van der Waals surface area contributed by atoms with Gasteiger partial charge in [-0.2, -0.15) is 0 Å². The normalized spacial score (nSPS) is 15.1. The lowest BCUT2D eigenvalue weighted by molar-refractivity contribution is 0.196. The van der Waals surface area contributed by atoms with Gasteiger partial charge in [-0.15, -0.1) is 0 Å². The van der Waals surface area contributed by atoms with E-state index >= 15 is 0 Å². The van der Waals surface area contributed by atoms with Gasteiger partial charge in [-0.05, 0) is 28.9 Å². The summed E-state index contributed by atoms with van der Waals surface area (Å²) in [5, 5.41) is 10.3. The van der Waals surface area contributed by atoms with Crippen molar-refractivity contribution in [2.45, 2.75) is 30.2 Å². The average Bonchev–Trinajstić information content (AvgIpc) is 2.09. The van der Waals surface area contributed by atoms with E-state index < -0.39 is 0 Å². The van der Waals surface area contributed by atoms with Crippen LogP contribution in [0.3, 0.4) is 0 Å². The molecule has 5 heteroatoms. The molecule has 0 saturated carbocycles. The lowest BCUT2D eigenvalue weighted by Crippen LogP contribution is -2.15. The molecular weight excluding hydrogens is 264 g/mol. The van der Waals surface area contributed by atoms with Crippen LogP contribution in [0, 0.1) is 0 Å². The number of aliphatic hydroxyl groups is 1. The van der Waals surface area contributed by atoms with Crippen LogP contribution in [-0.4, -0.2) is 21.4 Å². The summed E-state index contributed by atoms with van der Waals surface area (Å²) in [5.41, 5.74) is 6.20. The molecule has 0 spiro atoms. The topological polar surface area (TPSA) is 59.1 Å². The molecule has 0 radical (unpaired) electrons. The summed E-state index contributed by atoms with van der Waals surface area (Å²) in [5.74, 6) is 0.